The quantitative estimate of drug-likeness (QED) is 0.626. The third kappa shape index (κ3) is 2.75. The molecule has 0 radical (unpaired) electrons. The van der Waals surface area contributed by atoms with Crippen molar-refractivity contribution in [1.29, 1.82) is 0 Å². The molecule has 0 aliphatic rings. The number of halogens is 2. The van der Waals surface area contributed by atoms with Gasteiger partial charge in [-0.25, -0.2) is 8.78 Å². The lowest BCUT2D eigenvalue weighted by Crippen LogP contribution is -2.26. The summed E-state index contributed by atoms with van der Waals surface area (Å²) in [5, 5.41) is 0. The Bertz CT molecular complexity index is 65.5. The number of rotatable bonds is 3. The molecular formula is C6H13F2N. The summed E-state index contributed by atoms with van der Waals surface area (Å²) in [5.41, 5.74) is 5.09. The normalized spacial score (nSPS) is 15.0. The molecule has 1 nitrogen and oxygen atoms in total. The third-order valence-electron chi connectivity index (χ3n) is 1.45. The Balaban J connectivity index is 3.68. The van der Waals surface area contributed by atoms with Crippen molar-refractivity contribution in [2.45, 2.75) is 20.3 Å². The zero-order chi connectivity index (χ0) is 7.44. The molecule has 0 aliphatic carbocycles. The molecule has 0 heterocycles. The maximum Gasteiger partial charge on any atom is 0.242 e. The van der Waals surface area contributed by atoms with E-state index in [0.29, 0.717) is 0 Å². The number of nitrogens with two attached hydrogens (primary N) is 1. The maximum atomic E-state index is 11.9. The second kappa shape index (κ2) is 3.77. The van der Waals surface area contributed by atoms with Crippen LogP contribution >= 0.6 is 0 Å². The van der Waals surface area contributed by atoms with E-state index < -0.39 is 12.3 Å². The molecule has 2 N–H and O–H groups in total. The van der Waals surface area contributed by atoms with Crippen LogP contribution in [0.4, 0.5) is 8.78 Å². The van der Waals surface area contributed by atoms with Gasteiger partial charge in [0.25, 0.3) is 0 Å². The van der Waals surface area contributed by atoms with E-state index in [-0.39, 0.29) is 12.5 Å². The van der Waals surface area contributed by atoms with Crippen molar-refractivity contribution in [3.63, 3.8) is 0 Å². The highest BCUT2D eigenvalue weighted by Gasteiger charge is 2.21. The van der Waals surface area contributed by atoms with Gasteiger partial charge in [0.05, 0.1) is 0 Å². The molecule has 1 atom stereocenters. The average Bonchev–Trinajstić information content (AvgIpc) is 1.64. The molecule has 0 amide bonds. The topological polar surface area (TPSA) is 26.0 Å². The summed E-state index contributed by atoms with van der Waals surface area (Å²) in [6.07, 6.45) is -2.27. The first kappa shape index (κ1) is 8.82. The fourth-order valence-electron chi connectivity index (χ4n) is 0.666. The van der Waals surface area contributed by atoms with E-state index in [1.165, 1.54) is 0 Å². The van der Waals surface area contributed by atoms with Crippen LogP contribution in [0, 0.1) is 11.8 Å². The summed E-state index contributed by atoms with van der Waals surface area (Å²) < 4.78 is 23.7. The van der Waals surface area contributed by atoms with Gasteiger partial charge in [0.1, 0.15) is 0 Å². The van der Waals surface area contributed by atoms with E-state index in [1.807, 2.05) is 0 Å². The van der Waals surface area contributed by atoms with Crippen LogP contribution in [0.15, 0.2) is 0 Å². The van der Waals surface area contributed by atoms with Crippen LogP contribution in [0.3, 0.4) is 0 Å². The monoisotopic (exact) mass is 137 g/mol. The Labute approximate surface area is 54.2 Å². The van der Waals surface area contributed by atoms with E-state index in [4.69, 9.17) is 5.73 Å². The fraction of sp³-hybridized carbons (Fsp3) is 1.00. The third-order valence-corrected chi connectivity index (χ3v) is 1.45. The first-order valence-electron chi connectivity index (χ1n) is 3.07. The molecule has 0 saturated carbocycles. The van der Waals surface area contributed by atoms with Crippen molar-refractivity contribution in [2.75, 3.05) is 6.54 Å². The molecule has 0 aliphatic heterocycles. The van der Waals surface area contributed by atoms with Crippen molar-refractivity contribution in [3.8, 4) is 0 Å². The summed E-state index contributed by atoms with van der Waals surface area (Å²) in [5.74, 6) is -0.653. The van der Waals surface area contributed by atoms with Crippen LogP contribution in [0.1, 0.15) is 13.8 Å². The van der Waals surface area contributed by atoms with Crippen molar-refractivity contribution < 1.29 is 8.78 Å². The number of alkyl halides is 2. The molecule has 1 unspecified atom stereocenters. The lowest BCUT2D eigenvalue weighted by Gasteiger charge is -2.16. The van der Waals surface area contributed by atoms with Crippen molar-refractivity contribution in [3.05, 3.63) is 0 Å². The Morgan fingerprint density at radius 1 is 1.33 bits per heavy atom. The Kier molecular flexibility index (Phi) is 3.70. The van der Waals surface area contributed by atoms with Crippen LogP contribution in [-0.4, -0.2) is 13.0 Å². The van der Waals surface area contributed by atoms with Crippen LogP contribution < -0.4 is 5.73 Å². The van der Waals surface area contributed by atoms with Gasteiger partial charge in [-0.15, -0.1) is 0 Å². The molecule has 0 spiro atoms. The van der Waals surface area contributed by atoms with E-state index in [9.17, 15) is 8.78 Å². The molecule has 0 rings (SSSR count). The zero-order valence-electron chi connectivity index (χ0n) is 5.77. The average molecular weight is 137 g/mol. The number of hydrogen-bond donors (Lipinski definition) is 1. The first-order valence-corrected chi connectivity index (χ1v) is 3.07. The lowest BCUT2D eigenvalue weighted by molar-refractivity contribution is 0.0570. The standard InChI is InChI=1S/C6H13F2N/c1-4(2)5(3-9)6(7)8/h4-6H,3,9H2,1-2H3. The van der Waals surface area contributed by atoms with Gasteiger partial charge in [-0.05, 0) is 5.92 Å². The van der Waals surface area contributed by atoms with Crippen LogP contribution in [0.2, 0.25) is 0 Å². The predicted molar refractivity (Wildman–Crippen MR) is 33.4 cm³/mol. The smallest absolute Gasteiger partial charge is 0.242 e. The van der Waals surface area contributed by atoms with E-state index in [1.54, 1.807) is 13.8 Å². The molecule has 0 aromatic carbocycles. The highest BCUT2D eigenvalue weighted by Crippen LogP contribution is 2.17. The van der Waals surface area contributed by atoms with Gasteiger partial charge in [-0.2, -0.15) is 0 Å². The minimum atomic E-state index is -2.27. The summed E-state index contributed by atoms with van der Waals surface area (Å²) in [6, 6.07) is 0. The number of hydrogen-bond acceptors (Lipinski definition) is 1. The van der Waals surface area contributed by atoms with Gasteiger partial charge in [-0.3, -0.25) is 0 Å². The van der Waals surface area contributed by atoms with Gasteiger partial charge < -0.3 is 5.73 Å². The molecular weight excluding hydrogens is 124 g/mol. The summed E-state index contributed by atoms with van der Waals surface area (Å²) >= 11 is 0. The van der Waals surface area contributed by atoms with Crippen LogP contribution in [0.25, 0.3) is 0 Å². The summed E-state index contributed by atoms with van der Waals surface area (Å²) in [4.78, 5) is 0. The Morgan fingerprint density at radius 2 is 1.78 bits per heavy atom. The zero-order valence-corrected chi connectivity index (χ0v) is 5.77. The van der Waals surface area contributed by atoms with Gasteiger partial charge in [0, 0.05) is 12.5 Å². The molecule has 0 bridgehead atoms. The lowest BCUT2D eigenvalue weighted by atomic mass is 9.97. The van der Waals surface area contributed by atoms with Crippen LogP contribution in [-0.2, 0) is 0 Å². The van der Waals surface area contributed by atoms with Crippen molar-refractivity contribution in [2.24, 2.45) is 17.6 Å². The fourth-order valence-corrected chi connectivity index (χ4v) is 0.666. The molecule has 9 heavy (non-hydrogen) atoms. The first-order chi connectivity index (χ1) is 4.09. The predicted octanol–water partition coefficient (Wildman–Crippen LogP) is 1.48. The SMILES string of the molecule is CC(C)C(CN)C(F)F. The Morgan fingerprint density at radius 3 is 1.78 bits per heavy atom. The minimum Gasteiger partial charge on any atom is -0.330 e. The van der Waals surface area contributed by atoms with Gasteiger partial charge >= 0.3 is 0 Å². The highest BCUT2D eigenvalue weighted by molar-refractivity contribution is 4.65. The van der Waals surface area contributed by atoms with Crippen LogP contribution in [0.5, 0.6) is 0 Å². The summed E-state index contributed by atoms with van der Waals surface area (Å²) in [7, 11) is 0. The molecule has 3 heteroatoms. The largest absolute Gasteiger partial charge is 0.330 e. The Hall–Kier alpha value is -0.180. The second-order valence-corrected chi connectivity index (χ2v) is 2.48. The molecule has 0 fully saturated rings. The van der Waals surface area contributed by atoms with Crippen molar-refractivity contribution in [1.82, 2.24) is 0 Å². The molecule has 0 aromatic rings. The molecule has 0 saturated heterocycles. The van der Waals surface area contributed by atoms with Gasteiger partial charge in [-0.1, -0.05) is 13.8 Å². The summed E-state index contributed by atoms with van der Waals surface area (Å²) in [6.45, 7) is 3.59. The van der Waals surface area contributed by atoms with Gasteiger partial charge in [0.15, 0.2) is 0 Å². The van der Waals surface area contributed by atoms with E-state index in [2.05, 4.69) is 0 Å². The van der Waals surface area contributed by atoms with E-state index >= 15 is 0 Å². The maximum absolute atomic E-state index is 11.9. The van der Waals surface area contributed by atoms with E-state index in [0.717, 1.165) is 0 Å². The van der Waals surface area contributed by atoms with Gasteiger partial charge in [0.2, 0.25) is 6.43 Å². The molecule has 0 aromatic heterocycles. The minimum absolute atomic E-state index is 0.0185. The highest BCUT2D eigenvalue weighted by atomic mass is 19.3. The van der Waals surface area contributed by atoms with Crippen molar-refractivity contribution >= 4 is 0 Å². The second-order valence-electron chi connectivity index (χ2n) is 2.48. The molecule has 56 valence electrons.